The molecule has 0 aromatic carbocycles. The lowest BCUT2D eigenvalue weighted by Gasteiger charge is -2.12. The standard InChI is InChI=1S/C13H26N2O3.ClH/c1-2-4-12(14)13(16)15-6-3-7-17-9-11-5-8-18-10-11;/h11-12H,2-10,14H2,1H3,(H,15,16);1H. The van der Waals surface area contributed by atoms with Gasteiger partial charge in [-0.05, 0) is 19.3 Å². The highest BCUT2D eigenvalue weighted by atomic mass is 35.5. The zero-order valence-electron chi connectivity index (χ0n) is 11.7. The molecule has 0 spiro atoms. The lowest BCUT2D eigenvalue weighted by atomic mass is 10.1. The Bertz CT molecular complexity index is 236. The highest BCUT2D eigenvalue weighted by molar-refractivity contribution is 5.85. The van der Waals surface area contributed by atoms with E-state index in [2.05, 4.69) is 5.32 Å². The van der Waals surface area contributed by atoms with Crippen LogP contribution < -0.4 is 11.1 Å². The fourth-order valence-electron chi connectivity index (χ4n) is 1.92. The average Bonchev–Trinajstić information content (AvgIpc) is 2.86. The Labute approximate surface area is 122 Å². The minimum Gasteiger partial charge on any atom is -0.381 e. The molecule has 0 bridgehead atoms. The molecule has 1 heterocycles. The van der Waals surface area contributed by atoms with Crippen molar-refractivity contribution in [1.29, 1.82) is 0 Å². The summed E-state index contributed by atoms with van der Waals surface area (Å²) in [4.78, 5) is 11.5. The summed E-state index contributed by atoms with van der Waals surface area (Å²) in [5, 5.41) is 2.83. The number of rotatable bonds is 9. The van der Waals surface area contributed by atoms with Gasteiger partial charge >= 0.3 is 0 Å². The maximum absolute atomic E-state index is 11.5. The molecule has 1 aliphatic rings. The van der Waals surface area contributed by atoms with E-state index in [1.807, 2.05) is 6.92 Å². The molecule has 5 nitrogen and oxygen atoms in total. The Morgan fingerprint density at radius 2 is 2.37 bits per heavy atom. The molecule has 2 unspecified atom stereocenters. The molecule has 0 saturated carbocycles. The van der Waals surface area contributed by atoms with Crippen molar-refractivity contribution in [2.75, 3.05) is 33.0 Å². The second kappa shape index (κ2) is 11.5. The van der Waals surface area contributed by atoms with Crippen LogP contribution in [-0.4, -0.2) is 44.9 Å². The molecule has 1 aliphatic heterocycles. The quantitative estimate of drug-likeness (QED) is 0.625. The van der Waals surface area contributed by atoms with Crippen molar-refractivity contribution in [3.8, 4) is 0 Å². The van der Waals surface area contributed by atoms with Crippen LogP contribution in [0.15, 0.2) is 0 Å². The molecule has 1 fully saturated rings. The normalized spacial score (nSPS) is 19.8. The van der Waals surface area contributed by atoms with Crippen LogP contribution >= 0.6 is 12.4 Å². The second-order valence-corrected chi connectivity index (χ2v) is 4.84. The van der Waals surface area contributed by atoms with Crippen LogP contribution in [0.25, 0.3) is 0 Å². The minimum atomic E-state index is -0.369. The average molecular weight is 295 g/mol. The smallest absolute Gasteiger partial charge is 0.236 e. The van der Waals surface area contributed by atoms with E-state index in [9.17, 15) is 4.79 Å². The van der Waals surface area contributed by atoms with Gasteiger partial charge in [-0.15, -0.1) is 12.4 Å². The van der Waals surface area contributed by atoms with Crippen molar-refractivity contribution in [3.05, 3.63) is 0 Å². The third-order valence-electron chi connectivity index (χ3n) is 3.08. The van der Waals surface area contributed by atoms with Gasteiger partial charge in [0.25, 0.3) is 0 Å². The number of ether oxygens (including phenoxy) is 2. The van der Waals surface area contributed by atoms with Gasteiger partial charge in [0.2, 0.25) is 5.91 Å². The summed E-state index contributed by atoms with van der Waals surface area (Å²) in [5.41, 5.74) is 5.69. The molecule has 6 heteroatoms. The first-order valence-electron chi connectivity index (χ1n) is 6.92. The van der Waals surface area contributed by atoms with Crippen LogP contribution in [0.3, 0.4) is 0 Å². The maximum atomic E-state index is 11.5. The Morgan fingerprint density at radius 3 is 3.00 bits per heavy atom. The van der Waals surface area contributed by atoms with Crippen molar-refractivity contribution < 1.29 is 14.3 Å². The number of hydrogen-bond acceptors (Lipinski definition) is 4. The number of halogens is 1. The number of hydrogen-bond donors (Lipinski definition) is 2. The third kappa shape index (κ3) is 8.42. The molecular weight excluding hydrogens is 268 g/mol. The summed E-state index contributed by atoms with van der Waals surface area (Å²) in [6, 6.07) is -0.369. The van der Waals surface area contributed by atoms with Crippen LogP contribution in [0.5, 0.6) is 0 Å². The molecule has 0 aromatic heterocycles. The Morgan fingerprint density at radius 1 is 1.58 bits per heavy atom. The van der Waals surface area contributed by atoms with Crippen LogP contribution in [0.4, 0.5) is 0 Å². The van der Waals surface area contributed by atoms with Gasteiger partial charge < -0.3 is 20.5 Å². The summed E-state index contributed by atoms with van der Waals surface area (Å²) in [5.74, 6) is 0.499. The molecule has 114 valence electrons. The predicted molar refractivity (Wildman–Crippen MR) is 77.5 cm³/mol. The fraction of sp³-hybridized carbons (Fsp3) is 0.923. The maximum Gasteiger partial charge on any atom is 0.236 e. The molecule has 1 saturated heterocycles. The van der Waals surface area contributed by atoms with Gasteiger partial charge in [0, 0.05) is 25.7 Å². The molecule has 0 aromatic rings. The molecule has 1 rings (SSSR count). The first kappa shape index (κ1) is 18.6. The first-order valence-corrected chi connectivity index (χ1v) is 6.92. The minimum absolute atomic E-state index is 0. The zero-order valence-corrected chi connectivity index (χ0v) is 12.5. The highest BCUT2D eigenvalue weighted by Crippen LogP contribution is 2.12. The zero-order chi connectivity index (χ0) is 13.2. The van der Waals surface area contributed by atoms with Gasteiger partial charge in [0.05, 0.1) is 19.3 Å². The predicted octanol–water partition coefficient (Wildman–Crippen LogP) is 1.09. The van der Waals surface area contributed by atoms with Crippen molar-refractivity contribution in [2.45, 2.75) is 38.6 Å². The number of carbonyl (C=O) groups excluding carboxylic acids is 1. The molecule has 1 amide bonds. The van der Waals surface area contributed by atoms with E-state index in [-0.39, 0.29) is 24.4 Å². The van der Waals surface area contributed by atoms with Gasteiger partial charge in [-0.2, -0.15) is 0 Å². The lowest BCUT2D eigenvalue weighted by Crippen LogP contribution is -2.41. The summed E-state index contributed by atoms with van der Waals surface area (Å²) >= 11 is 0. The second-order valence-electron chi connectivity index (χ2n) is 4.84. The van der Waals surface area contributed by atoms with Gasteiger partial charge in [0.1, 0.15) is 0 Å². The number of carbonyl (C=O) groups is 1. The monoisotopic (exact) mass is 294 g/mol. The molecule has 0 aliphatic carbocycles. The van der Waals surface area contributed by atoms with Crippen LogP contribution in [-0.2, 0) is 14.3 Å². The number of nitrogens with two attached hydrogens (primary N) is 1. The molecule has 2 atom stereocenters. The number of amides is 1. The Balaban J connectivity index is 0.00000324. The van der Waals surface area contributed by atoms with Crippen LogP contribution in [0.2, 0.25) is 0 Å². The van der Waals surface area contributed by atoms with Crippen LogP contribution in [0.1, 0.15) is 32.6 Å². The molecule has 0 radical (unpaired) electrons. The van der Waals surface area contributed by atoms with Crippen LogP contribution in [0, 0.1) is 5.92 Å². The molecule has 19 heavy (non-hydrogen) atoms. The SMILES string of the molecule is CCCC(N)C(=O)NCCCOCC1CCOC1.Cl. The summed E-state index contributed by atoms with van der Waals surface area (Å²) in [7, 11) is 0. The topological polar surface area (TPSA) is 73.6 Å². The van der Waals surface area contributed by atoms with E-state index < -0.39 is 0 Å². The van der Waals surface area contributed by atoms with Gasteiger partial charge in [-0.25, -0.2) is 0 Å². The largest absolute Gasteiger partial charge is 0.381 e. The van der Waals surface area contributed by atoms with E-state index in [1.54, 1.807) is 0 Å². The van der Waals surface area contributed by atoms with Crippen molar-refractivity contribution in [1.82, 2.24) is 5.32 Å². The van der Waals surface area contributed by atoms with Crippen molar-refractivity contribution in [3.63, 3.8) is 0 Å². The number of nitrogens with one attached hydrogen (secondary N) is 1. The molecule has 3 N–H and O–H groups in total. The first-order chi connectivity index (χ1) is 8.74. The summed E-state index contributed by atoms with van der Waals surface area (Å²) < 4.78 is 10.8. The van der Waals surface area contributed by atoms with E-state index in [1.165, 1.54) is 0 Å². The molecular formula is C13H27ClN2O3. The van der Waals surface area contributed by atoms with E-state index in [0.717, 1.165) is 45.5 Å². The van der Waals surface area contributed by atoms with Crippen molar-refractivity contribution >= 4 is 18.3 Å². The van der Waals surface area contributed by atoms with E-state index in [4.69, 9.17) is 15.2 Å². The van der Waals surface area contributed by atoms with E-state index >= 15 is 0 Å². The fourth-order valence-corrected chi connectivity index (χ4v) is 1.92. The van der Waals surface area contributed by atoms with Crippen molar-refractivity contribution in [2.24, 2.45) is 11.7 Å². The Kier molecular flexibility index (Phi) is 11.2. The highest BCUT2D eigenvalue weighted by Gasteiger charge is 2.15. The van der Waals surface area contributed by atoms with Gasteiger partial charge in [-0.1, -0.05) is 13.3 Å². The Hall–Kier alpha value is -0.360. The van der Waals surface area contributed by atoms with Gasteiger partial charge in [-0.3, -0.25) is 4.79 Å². The lowest BCUT2D eigenvalue weighted by molar-refractivity contribution is -0.122. The van der Waals surface area contributed by atoms with Gasteiger partial charge in [0.15, 0.2) is 0 Å². The third-order valence-corrected chi connectivity index (χ3v) is 3.08. The van der Waals surface area contributed by atoms with E-state index in [0.29, 0.717) is 19.1 Å². The summed E-state index contributed by atoms with van der Waals surface area (Å²) in [6.45, 7) is 5.79. The summed E-state index contributed by atoms with van der Waals surface area (Å²) in [6.07, 6.45) is 3.60.